The van der Waals surface area contributed by atoms with Crippen molar-refractivity contribution in [3.63, 3.8) is 0 Å². The van der Waals surface area contributed by atoms with E-state index in [1.54, 1.807) is 17.0 Å². The van der Waals surface area contributed by atoms with Crippen molar-refractivity contribution in [3.8, 4) is 5.75 Å². The van der Waals surface area contributed by atoms with Gasteiger partial charge < -0.3 is 9.64 Å². The molecule has 1 saturated heterocycles. The topological polar surface area (TPSA) is 32.8 Å². The van der Waals surface area contributed by atoms with Gasteiger partial charge in [-0.15, -0.1) is 0 Å². The second-order valence-corrected chi connectivity index (χ2v) is 7.75. The number of hydrogen-bond acceptors (Lipinski definition) is 4. The number of rotatable bonds is 5. The molecule has 1 aliphatic rings. The Morgan fingerprint density at radius 1 is 1.07 bits per heavy atom. The first kappa shape index (κ1) is 21.4. The number of amides is 1. The van der Waals surface area contributed by atoms with E-state index in [2.05, 4.69) is 4.90 Å². The van der Waals surface area contributed by atoms with Crippen LogP contribution in [0.2, 0.25) is 0 Å². The highest BCUT2D eigenvalue weighted by atomic mass is 32.2. The molecule has 0 aromatic heterocycles. The van der Waals surface area contributed by atoms with Crippen molar-refractivity contribution >= 4 is 17.7 Å². The zero-order valence-electron chi connectivity index (χ0n) is 15.7. The third kappa shape index (κ3) is 5.86. The van der Waals surface area contributed by atoms with Crippen LogP contribution in [-0.2, 0) is 6.54 Å². The highest BCUT2D eigenvalue weighted by molar-refractivity contribution is 8.00. The summed E-state index contributed by atoms with van der Waals surface area (Å²) in [5.74, 6) is -0.418. The van der Waals surface area contributed by atoms with Crippen LogP contribution in [0.25, 0.3) is 0 Å². The molecular weight excluding hydrogens is 408 g/mol. The lowest BCUT2D eigenvalue weighted by atomic mass is 10.1. The van der Waals surface area contributed by atoms with E-state index in [4.69, 9.17) is 4.74 Å². The van der Waals surface area contributed by atoms with Crippen LogP contribution in [0, 0.1) is 5.82 Å². The second-order valence-electron chi connectivity index (χ2n) is 6.61. The summed E-state index contributed by atoms with van der Waals surface area (Å²) >= 11 is -0.205. The Morgan fingerprint density at radius 2 is 1.72 bits per heavy atom. The van der Waals surface area contributed by atoms with Crippen molar-refractivity contribution in [3.05, 3.63) is 59.4 Å². The molecule has 0 radical (unpaired) electrons. The maximum Gasteiger partial charge on any atom is 0.446 e. The predicted molar refractivity (Wildman–Crippen MR) is 102 cm³/mol. The fourth-order valence-electron chi connectivity index (χ4n) is 3.16. The van der Waals surface area contributed by atoms with Gasteiger partial charge in [-0.1, -0.05) is 6.07 Å². The highest BCUT2D eigenvalue weighted by Crippen LogP contribution is 2.36. The Balaban J connectivity index is 1.53. The van der Waals surface area contributed by atoms with Crippen LogP contribution >= 0.6 is 11.8 Å². The van der Waals surface area contributed by atoms with Gasteiger partial charge in [0.15, 0.2) is 11.6 Å². The maximum absolute atomic E-state index is 13.8. The van der Waals surface area contributed by atoms with Gasteiger partial charge in [0.25, 0.3) is 5.91 Å². The van der Waals surface area contributed by atoms with Crippen molar-refractivity contribution in [2.24, 2.45) is 0 Å². The third-order valence-corrected chi connectivity index (χ3v) is 5.36. The molecule has 1 amide bonds. The zero-order valence-corrected chi connectivity index (χ0v) is 16.5. The van der Waals surface area contributed by atoms with Crippen molar-refractivity contribution in [1.29, 1.82) is 0 Å². The largest absolute Gasteiger partial charge is 0.494 e. The van der Waals surface area contributed by atoms with Gasteiger partial charge in [-0.25, -0.2) is 4.39 Å². The minimum absolute atomic E-state index is 0.0468. The summed E-state index contributed by atoms with van der Waals surface area (Å²) in [5.41, 5.74) is -3.17. The average Bonchev–Trinajstić information content (AvgIpc) is 2.68. The van der Waals surface area contributed by atoms with Crippen LogP contribution in [-0.4, -0.2) is 54.5 Å². The van der Waals surface area contributed by atoms with Crippen LogP contribution in [0.15, 0.2) is 47.4 Å². The Hall–Kier alpha value is -2.26. The number of piperazine rings is 1. The molecule has 2 aromatic rings. The molecular formula is C20H20F4N2O2S. The number of nitrogens with zero attached hydrogens (tertiary/aromatic N) is 2. The molecule has 0 aliphatic carbocycles. The summed E-state index contributed by atoms with van der Waals surface area (Å²) in [6, 6.07) is 10.3. The average molecular weight is 428 g/mol. The molecule has 0 atom stereocenters. The van der Waals surface area contributed by atoms with Gasteiger partial charge in [0.2, 0.25) is 0 Å². The lowest BCUT2D eigenvalue weighted by Crippen LogP contribution is -2.48. The standard InChI is InChI=1S/C20H20F4N2O2S/c1-28-18-7-2-14(12-17(18)21)13-25-8-10-26(11-9-25)19(27)15-3-5-16(6-4-15)29-20(22,23)24/h2-7,12H,8-11,13H2,1H3. The van der Waals surface area contributed by atoms with Crippen molar-refractivity contribution in [2.45, 2.75) is 16.9 Å². The van der Waals surface area contributed by atoms with Gasteiger partial charge in [-0.3, -0.25) is 9.69 Å². The molecule has 1 aliphatic heterocycles. The molecule has 29 heavy (non-hydrogen) atoms. The van der Waals surface area contributed by atoms with Crippen LogP contribution in [0.1, 0.15) is 15.9 Å². The Morgan fingerprint density at radius 3 is 2.28 bits per heavy atom. The summed E-state index contributed by atoms with van der Waals surface area (Å²) in [6.45, 7) is 2.81. The fraction of sp³-hybridized carbons (Fsp3) is 0.350. The first-order valence-corrected chi connectivity index (χ1v) is 9.76. The zero-order chi connectivity index (χ0) is 21.0. The molecule has 1 heterocycles. The summed E-state index contributed by atoms with van der Waals surface area (Å²) in [4.78, 5) is 16.4. The molecule has 1 fully saturated rings. The summed E-state index contributed by atoms with van der Waals surface area (Å²) in [7, 11) is 1.41. The minimum atomic E-state index is -4.35. The lowest BCUT2D eigenvalue weighted by molar-refractivity contribution is -0.0328. The fourth-order valence-corrected chi connectivity index (χ4v) is 3.70. The van der Waals surface area contributed by atoms with E-state index < -0.39 is 11.3 Å². The van der Waals surface area contributed by atoms with Gasteiger partial charge in [0.1, 0.15) is 0 Å². The van der Waals surface area contributed by atoms with E-state index in [1.165, 1.54) is 37.4 Å². The number of alkyl halides is 3. The number of carbonyl (C=O) groups excluding carboxylic acids is 1. The van der Waals surface area contributed by atoms with Crippen molar-refractivity contribution in [2.75, 3.05) is 33.3 Å². The summed E-state index contributed by atoms with van der Waals surface area (Å²) in [5, 5.41) is 0. The highest BCUT2D eigenvalue weighted by Gasteiger charge is 2.29. The molecule has 0 N–H and O–H groups in total. The smallest absolute Gasteiger partial charge is 0.446 e. The SMILES string of the molecule is COc1ccc(CN2CCN(C(=O)c3ccc(SC(F)(F)F)cc3)CC2)cc1F. The second kappa shape index (κ2) is 9.04. The molecule has 0 unspecified atom stereocenters. The normalized spacial score (nSPS) is 15.4. The van der Waals surface area contributed by atoms with Crippen molar-refractivity contribution in [1.82, 2.24) is 9.80 Å². The number of hydrogen-bond donors (Lipinski definition) is 0. The number of benzene rings is 2. The molecule has 0 bridgehead atoms. The van der Waals surface area contributed by atoms with Crippen LogP contribution in [0.4, 0.5) is 17.6 Å². The molecule has 156 valence electrons. The van der Waals surface area contributed by atoms with Gasteiger partial charge >= 0.3 is 5.51 Å². The van der Waals surface area contributed by atoms with E-state index in [-0.39, 0.29) is 28.3 Å². The number of thioether (sulfide) groups is 1. The number of carbonyl (C=O) groups is 1. The van der Waals surface area contributed by atoms with Crippen LogP contribution in [0.3, 0.4) is 0 Å². The molecule has 0 saturated carbocycles. The predicted octanol–water partition coefficient (Wildman–Crippen LogP) is 4.40. The first-order valence-electron chi connectivity index (χ1n) is 8.95. The summed E-state index contributed by atoms with van der Waals surface area (Å²) < 4.78 is 55.9. The summed E-state index contributed by atoms with van der Waals surface area (Å²) in [6.07, 6.45) is 0. The maximum atomic E-state index is 13.8. The van der Waals surface area contributed by atoms with Crippen molar-refractivity contribution < 1.29 is 27.1 Å². The van der Waals surface area contributed by atoms with E-state index in [0.717, 1.165) is 5.56 Å². The number of halogens is 4. The van der Waals surface area contributed by atoms with E-state index in [9.17, 15) is 22.4 Å². The first-order chi connectivity index (χ1) is 13.7. The molecule has 9 heteroatoms. The van der Waals surface area contributed by atoms with Gasteiger partial charge in [0.05, 0.1) is 7.11 Å². The quantitative estimate of drug-likeness (QED) is 0.522. The number of methoxy groups -OCH3 is 1. The Labute approximate surface area is 170 Å². The molecule has 3 rings (SSSR count). The van der Waals surface area contributed by atoms with E-state index >= 15 is 0 Å². The molecule has 0 spiro atoms. The van der Waals surface area contributed by atoms with Gasteiger partial charge in [-0.2, -0.15) is 13.2 Å². The molecule has 4 nitrogen and oxygen atoms in total. The Kier molecular flexibility index (Phi) is 6.69. The third-order valence-electron chi connectivity index (χ3n) is 4.62. The Bertz CT molecular complexity index is 851. The van der Waals surface area contributed by atoms with Crippen LogP contribution in [0.5, 0.6) is 5.75 Å². The number of ether oxygens (including phenoxy) is 1. The van der Waals surface area contributed by atoms with Crippen LogP contribution < -0.4 is 4.74 Å². The molecule has 2 aromatic carbocycles. The monoisotopic (exact) mass is 428 g/mol. The van der Waals surface area contributed by atoms with Gasteiger partial charge in [-0.05, 0) is 53.7 Å². The minimum Gasteiger partial charge on any atom is -0.494 e. The van der Waals surface area contributed by atoms with E-state index in [0.29, 0.717) is 38.3 Å². The van der Waals surface area contributed by atoms with E-state index in [1.807, 2.05) is 0 Å². The van der Waals surface area contributed by atoms with Gasteiger partial charge in [0, 0.05) is 43.2 Å². The lowest BCUT2D eigenvalue weighted by Gasteiger charge is -2.34.